The van der Waals surface area contributed by atoms with Gasteiger partial charge in [0.1, 0.15) is 6.04 Å². The number of amides is 2. The first-order chi connectivity index (χ1) is 15.4. The zero-order chi connectivity index (χ0) is 23.1. The summed E-state index contributed by atoms with van der Waals surface area (Å²) in [4.78, 5) is 27.5. The smallest absolute Gasteiger partial charge is 0.242 e. The van der Waals surface area contributed by atoms with Crippen molar-refractivity contribution >= 4 is 35.0 Å². The summed E-state index contributed by atoms with van der Waals surface area (Å²) in [6.45, 7) is 4.87. The molecular weight excluding hydrogens is 451 g/mol. The van der Waals surface area contributed by atoms with Gasteiger partial charge in [0, 0.05) is 19.5 Å². The van der Waals surface area contributed by atoms with Crippen LogP contribution < -0.4 is 14.8 Å². The summed E-state index contributed by atoms with van der Waals surface area (Å²) < 4.78 is 10.8. The van der Waals surface area contributed by atoms with E-state index in [4.69, 9.17) is 32.7 Å². The molecule has 0 radical (unpaired) electrons. The standard InChI is InChI=1S/C24H28Cl2N2O4/c1-3-4-11-27-24(30)16(2)28(14-18-5-8-19(25)20(26)12-18)23(29)10-7-17-6-9-21-22(13-17)32-15-31-21/h5-6,8-9,12-13,16H,3-4,7,10-11,14-15H2,1-2H3,(H,27,30). The normalized spacial score (nSPS) is 13.0. The van der Waals surface area contributed by atoms with Crippen molar-refractivity contribution in [1.29, 1.82) is 0 Å². The predicted molar refractivity (Wildman–Crippen MR) is 125 cm³/mol. The molecule has 2 amide bonds. The summed E-state index contributed by atoms with van der Waals surface area (Å²) in [6.07, 6.45) is 2.66. The molecule has 6 nitrogen and oxygen atoms in total. The van der Waals surface area contributed by atoms with Gasteiger partial charge in [-0.15, -0.1) is 0 Å². The van der Waals surface area contributed by atoms with Crippen LogP contribution in [-0.2, 0) is 22.6 Å². The van der Waals surface area contributed by atoms with Gasteiger partial charge in [0.25, 0.3) is 0 Å². The van der Waals surface area contributed by atoms with Crippen LogP contribution >= 0.6 is 23.2 Å². The highest BCUT2D eigenvalue weighted by molar-refractivity contribution is 6.42. The average molecular weight is 479 g/mol. The van der Waals surface area contributed by atoms with Crippen molar-refractivity contribution in [2.45, 2.75) is 52.1 Å². The van der Waals surface area contributed by atoms with E-state index in [1.807, 2.05) is 24.3 Å². The molecule has 1 N–H and O–H groups in total. The molecule has 1 atom stereocenters. The van der Waals surface area contributed by atoms with E-state index in [0.29, 0.717) is 34.5 Å². The van der Waals surface area contributed by atoms with Gasteiger partial charge >= 0.3 is 0 Å². The molecule has 8 heteroatoms. The Morgan fingerprint density at radius 1 is 1.06 bits per heavy atom. The van der Waals surface area contributed by atoms with E-state index in [9.17, 15) is 9.59 Å². The molecule has 0 spiro atoms. The first-order valence-corrected chi connectivity index (χ1v) is 11.5. The lowest BCUT2D eigenvalue weighted by molar-refractivity contribution is -0.140. The third-order valence-electron chi connectivity index (χ3n) is 5.40. The van der Waals surface area contributed by atoms with Crippen molar-refractivity contribution in [3.05, 3.63) is 57.6 Å². The number of unbranched alkanes of at least 4 members (excludes halogenated alkanes) is 1. The quantitative estimate of drug-likeness (QED) is 0.488. The van der Waals surface area contributed by atoms with Crippen molar-refractivity contribution in [2.24, 2.45) is 0 Å². The third kappa shape index (κ3) is 6.30. The SMILES string of the molecule is CCCCNC(=O)C(C)N(Cc1ccc(Cl)c(Cl)c1)C(=O)CCc1ccc2c(c1)OCO2. The number of nitrogens with one attached hydrogen (secondary N) is 1. The zero-order valence-corrected chi connectivity index (χ0v) is 19.8. The number of hydrogen-bond acceptors (Lipinski definition) is 4. The summed E-state index contributed by atoms with van der Waals surface area (Å²) in [5.41, 5.74) is 1.78. The van der Waals surface area contributed by atoms with E-state index in [2.05, 4.69) is 12.2 Å². The van der Waals surface area contributed by atoms with Gasteiger partial charge in [-0.05, 0) is 55.2 Å². The number of benzene rings is 2. The van der Waals surface area contributed by atoms with E-state index in [1.165, 1.54) is 0 Å². The van der Waals surface area contributed by atoms with Crippen LogP contribution in [0.2, 0.25) is 10.0 Å². The second kappa shape index (κ2) is 11.4. The minimum atomic E-state index is -0.620. The minimum absolute atomic E-state index is 0.119. The summed E-state index contributed by atoms with van der Waals surface area (Å²) in [5.74, 6) is 1.10. The van der Waals surface area contributed by atoms with E-state index in [-0.39, 0.29) is 31.6 Å². The fourth-order valence-corrected chi connectivity index (χ4v) is 3.77. The maximum Gasteiger partial charge on any atom is 0.242 e. The fourth-order valence-electron chi connectivity index (χ4n) is 3.44. The van der Waals surface area contributed by atoms with Gasteiger partial charge in [0.15, 0.2) is 11.5 Å². The van der Waals surface area contributed by atoms with Gasteiger partial charge in [0.2, 0.25) is 18.6 Å². The van der Waals surface area contributed by atoms with E-state index < -0.39 is 6.04 Å². The molecule has 2 aromatic rings. The van der Waals surface area contributed by atoms with Crippen LogP contribution in [0.25, 0.3) is 0 Å². The van der Waals surface area contributed by atoms with Crippen molar-refractivity contribution < 1.29 is 19.1 Å². The molecule has 0 aliphatic carbocycles. The van der Waals surface area contributed by atoms with Gasteiger partial charge in [-0.2, -0.15) is 0 Å². The van der Waals surface area contributed by atoms with Crippen LogP contribution in [0.15, 0.2) is 36.4 Å². The topological polar surface area (TPSA) is 67.9 Å². The maximum absolute atomic E-state index is 13.2. The van der Waals surface area contributed by atoms with Gasteiger partial charge in [-0.1, -0.05) is 48.7 Å². The van der Waals surface area contributed by atoms with Gasteiger partial charge in [0.05, 0.1) is 10.0 Å². The van der Waals surface area contributed by atoms with Crippen LogP contribution in [0.4, 0.5) is 0 Å². The third-order valence-corrected chi connectivity index (χ3v) is 6.14. The molecule has 1 aliphatic heterocycles. The summed E-state index contributed by atoms with van der Waals surface area (Å²) >= 11 is 12.2. The minimum Gasteiger partial charge on any atom is -0.454 e. The Morgan fingerprint density at radius 2 is 1.81 bits per heavy atom. The second-order valence-corrected chi connectivity index (χ2v) is 8.59. The highest BCUT2D eigenvalue weighted by Crippen LogP contribution is 2.33. The number of ether oxygens (including phenoxy) is 2. The Kier molecular flexibility index (Phi) is 8.65. The van der Waals surface area contributed by atoms with Crippen molar-refractivity contribution in [3.8, 4) is 11.5 Å². The van der Waals surface area contributed by atoms with E-state index >= 15 is 0 Å². The molecule has 0 bridgehead atoms. The lowest BCUT2D eigenvalue weighted by Crippen LogP contribution is -2.47. The predicted octanol–water partition coefficient (Wildman–Crippen LogP) is 4.99. The first-order valence-electron chi connectivity index (χ1n) is 10.8. The molecule has 0 fully saturated rings. The van der Waals surface area contributed by atoms with E-state index in [0.717, 1.165) is 24.0 Å². The summed E-state index contributed by atoms with van der Waals surface area (Å²) in [6, 6.07) is 10.3. The highest BCUT2D eigenvalue weighted by Gasteiger charge is 2.26. The number of carbonyl (C=O) groups excluding carboxylic acids is 2. The van der Waals surface area contributed by atoms with Crippen molar-refractivity contribution in [3.63, 3.8) is 0 Å². The number of halogens is 2. The highest BCUT2D eigenvalue weighted by atomic mass is 35.5. The Labute approximate surface area is 198 Å². The number of rotatable bonds is 10. The second-order valence-electron chi connectivity index (χ2n) is 7.78. The lowest BCUT2D eigenvalue weighted by atomic mass is 10.1. The average Bonchev–Trinajstić information content (AvgIpc) is 3.25. The van der Waals surface area contributed by atoms with Crippen LogP contribution in [0.1, 0.15) is 44.2 Å². The molecule has 0 saturated carbocycles. The summed E-state index contributed by atoms with van der Waals surface area (Å²) in [5, 5.41) is 3.78. The molecule has 0 aromatic heterocycles. The monoisotopic (exact) mass is 478 g/mol. The molecular formula is C24H28Cl2N2O4. The molecule has 2 aromatic carbocycles. The molecule has 1 unspecified atom stereocenters. The molecule has 0 saturated heterocycles. The van der Waals surface area contributed by atoms with Crippen LogP contribution in [0, 0.1) is 0 Å². The van der Waals surface area contributed by atoms with Crippen LogP contribution in [0.3, 0.4) is 0 Å². The Bertz CT molecular complexity index is 967. The Hall–Kier alpha value is -2.44. The number of nitrogens with zero attached hydrogens (tertiary/aromatic N) is 1. The fraction of sp³-hybridized carbons (Fsp3) is 0.417. The zero-order valence-electron chi connectivity index (χ0n) is 18.3. The molecule has 1 aliphatic rings. The molecule has 32 heavy (non-hydrogen) atoms. The number of aryl methyl sites for hydroxylation is 1. The molecule has 1 heterocycles. The van der Waals surface area contributed by atoms with Gasteiger partial charge in [-0.25, -0.2) is 0 Å². The molecule has 3 rings (SSSR count). The largest absolute Gasteiger partial charge is 0.454 e. The van der Waals surface area contributed by atoms with Crippen LogP contribution in [0.5, 0.6) is 11.5 Å². The van der Waals surface area contributed by atoms with Crippen LogP contribution in [-0.4, -0.2) is 36.1 Å². The van der Waals surface area contributed by atoms with Gasteiger partial charge < -0.3 is 19.7 Å². The molecule has 172 valence electrons. The van der Waals surface area contributed by atoms with E-state index in [1.54, 1.807) is 24.0 Å². The van der Waals surface area contributed by atoms with Gasteiger partial charge in [-0.3, -0.25) is 9.59 Å². The number of carbonyl (C=O) groups is 2. The summed E-state index contributed by atoms with van der Waals surface area (Å²) in [7, 11) is 0. The lowest BCUT2D eigenvalue weighted by Gasteiger charge is -2.29. The van der Waals surface area contributed by atoms with Crippen molar-refractivity contribution in [1.82, 2.24) is 10.2 Å². The Balaban J connectivity index is 1.71. The maximum atomic E-state index is 13.2. The Morgan fingerprint density at radius 3 is 2.56 bits per heavy atom. The number of hydrogen-bond donors (Lipinski definition) is 1. The number of fused-ring (bicyclic) bond motifs is 1. The van der Waals surface area contributed by atoms with Crippen molar-refractivity contribution in [2.75, 3.05) is 13.3 Å². The first kappa shape index (κ1) is 24.2.